The topological polar surface area (TPSA) is 42.0 Å². The molecule has 0 saturated heterocycles. The Hall–Kier alpha value is -3.27. The Morgan fingerprint density at radius 3 is 2.33 bits per heavy atom. The zero-order valence-electron chi connectivity index (χ0n) is 16.1. The third kappa shape index (κ3) is 3.14. The lowest BCUT2D eigenvalue weighted by Crippen LogP contribution is -1.86. The van der Waals surface area contributed by atoms with Gasteiger partial charge in [-0.1, -0.05) is 48.0 Å². The Kier molecular flexibility index (Phi) is 4.32. The maximum Gasteiger partial charge on any atom is 0.187 e. The van der Waals surface area contributed by atoms with Crippen LogP contribution in [0.5, 0.6) is 0 Å². The van der Waals surface area contributed by atoms with Crippen LogP contribution in [0.2, 0.25) is 0 Å². The van der Waals surface area contributed by atoms with E-state index in [0.717, 1.165) is 39.5 Å². The van der Waals surface area contributed by atoms with E-state index in [1.54, 1.807) is 0 Å². The van der Waals surface area contributed by atoms with Gasteiger partial charge in [0, 0.05) is 11.8 Å². The Labute approximate surface area is 159 Å². The highest BCUT2D eigenvalue weighted by atomic mass is 15.2. The number of imidazole rings is 1. The van der Waals surface area contributed by atoms with Gasteiger partial charge in [-0.25, -0.2) is 4.98 Å². The summed E-state index contributed by atoms with van der Waals surface area (Å²) in [7, 11) is 0. The zero-order valence-corrected chi connectivity index (χ0v) is 16.1. The number of azo groups is 1. The van der Waals surface area contributed by atoms with Crippen LogP contribution in [0.25, 0.3) is 16.9 Å². The van der Waals surface area contributed by atoms with Crippen LogP contribution in [0.4, 0.5) is 11.5 Å². The Balaban J connectivity index is 1.95. The standard InChI is InChI=1S/C23H22N4/c1-15-11-12-19(18(4)14-15)21-23(26-25-20-10-6-5-8-16(20)2)27-13-7-9-17(3)22(27)24-21/h5-14H,1-4H3. The lowest BCUT2D eigenvalue weighted by Gasteiger charge is -2.05. The number of nitrogens with zero attached hydrogens (tertiary/aromatic N) is 4. The van der Waals surface area contributed by atoms with Gasteiger partial charge in [-0.15, -0.1) is 10.2 Å². The fourth-order valence-electron chi connectivity index (χ4n) is 3.32. The lowest BCUT2D eigenvalue weighted by molar-refractivity contribution is 1.09. The van der Waals surface area contributed by atoms with E-state index in [4.69, 9.17) is 4.98 Å². The van der Waals surface area contributed by atoms with Gasteiger partial charge in [0.2, 0.25) is 0 Å². The highest BCUT2D eigenvalue weighted by Gasteiger charge is 2.17. The molecule has 0 saturated carbocycles. The molecule has 4 heteroatoms. The molecule has 0 aliphatic rings. The normalized spacial score (nSPS) is 11.6. The van der Waals surface area contributed by atoms with Crippen molar-refractivity contribution in [1.29, 1.82) is 0 Å². The second-order valence-electron chi connectivity index (χ2n) is 6.97. The molecule has 0 fully saturated rings. The van der Waals surface area contributed by atoms with Gasteiger partial charge in [-0.05, 0) is 56.5 Å². The second-order valence-corrected chi connectivity index (χ2v) is 6.97. The molecule has 0 amide bonds. The number of rotatable bonds is 3. The lowest BCUT2D eigenvalue weighted by atomic mass is 10.0. The monoisotopic (exact) mass is 354 g/mol. The van der Waals surface area contributed by atoms with Gasteiger partial charge in [0.05, 0.1) is 5.69 Å². The summed E-state index contributed by atoms with van der Waals surface area (Å²) >= 11 is 0. The Bertz CT molecular complexity index is 1170. The molecule has 2 heterocycles. The number of pyridine rings is 1. The fraction of sp³-hybridized carbons (Fsp3) is 0.174. The molecule has 4 nitrogen and oxygen atoms in total. The molecule has 2 aromatic heterocycles. The average molecular weight is 354 g/mol. The van der Waals surface area contributed by atoms with Crippen molar-refractivity contribution < 1.29 is 0 Å². The van der Waals surface area contributed by atoms with E-state index in [-0.39, 0.29) is 0 Å². The predicted octanol–water partition coefficient (Wildman–Crippen LogP) is 6.65. The molecule has 0 aliphatic carbocycles. The summed E-state index contributed by atoms with van der Waals surface area (Å²) in [6.45, 7) is 8.32. The van der Waals surface area contributed by atoms with Crippen molar-refractivity contribution in [1.82, 2.24) is 9.38 Å². The Morgan fingerprint density at radius 2 is 1.56 bits per heavy atom. The summed E-state index contributed by atoms with van der Waals surface area (Å²) in [5.41, 5.74) is 8.35. The summed E-state index contributed by atoms with van der Waals surface area (Å²) < 4.78 is 2.02. The number of aromatic nitrogens is 2. The van der Waals surface area contributed by atoms with Crippen LogP contribution in [-0.2, 0) is 0 Å². The first-order valence-electron chi connectivity index (χ1n) is 9.07. The SMILES string of the molecule is Cc1ccc(-c2nc3c(C)cccn3c2N=Nc2ccccc2C)c(C)c1. The van der Waals surface area contributed by atoms with Crippen molar-refractivity contribution in [2.24, 2.45) is 10.2 Å². The summed E-state index contributed by atoms with van der Waals surface area (Å²) in [6, 6.07) is 18.5. The van der Waals surface area contributed by atoms with Gasteiger partial charge in [0.15, 0.2) is 5.82 Å². The van der Waals surface area contributed by atoms with E-state index in [2.05, 4.69) is 55.3 Å². The Morgan fingerprint density at radius 1 is 0.778 bits per heavy atom. The maximum absolute atomic E-state index is 4.92. The van der Waals surface area contributed by atoms with Crippen LogP contribution in [0.1, 0.15) is 22.3 Å². The van der Waals surface area contributed by atoms with E-state index in [1.807, 2.05) is 47.9 Å². The molecule has 4 rings (SSSR count). The molecular formula is C23H22N4. The summed E-state index contributed by atoms with van der Waals surface area (Å²) in [4.78, 5) is 4.92. The summed E-state index contributed by atoms with van der Waals surface area (Å²) in [5, 5.41) is 9.16. The number of hydrogen-bond donors (Lipinski definition) is 0. The zero-order chi connectivity index (χ0) is 19.0. The molecule has 4 aromatic rings. The summed E-state index contributed by atoms with van der Waals surface area (Å²) in [5.74, 6) is 0.754. The fourth-order valence-corrected chi connectivity index (χ4v) is 3.32. The number of fused-ring (bicyclic) bond motifs is 1. The first-order chi connectivity index (χ1) is 13.0. The molecule has 0 bridgehead atoms. The summed E-state index contributed by atoms with van der Waals surface area (Å²) in [6.07, 6.45) is 1.99. The van der Waals surface area contributed by atoms with Gasteiger partial charge in [0.25, 0.3) is 0 Å². The van der Waals surface area contributed by atoms with E-state index in [1.165, 1.54) is 11.1 Å². The van der Waals surface area contributed by atoms with Gasteiger partial charge in [-0.2, -0.15) is 0 Å². The number of hydrogen-bond acceptors (Lipinski definition) is 3. The minimum absolute atomic E-state index is 0.754. The third-order valence-electron chi connectivity index (χ3n) is 4.82. The van der Waals surface area contributed by atoms with Crippen molar-refractivity contribution >= 4 is 17.2 Å². The maximum atomic E-state index is 4.92. The molecule has 27 heavy (non-hydrogen) atoms. The molecular weight excluding hydrogens is 332 g/mol. The second kappa shape index (κ2) is 6.80. The van der Waals surface area contributed by atoms with Crippen molar-refractivity contribution in [3.63, 3.8) is 0 Å². The number of benzene rings is 2. The van der Waals surface area contributed by atoms with Crippen LogP contribution in [-0.4, -0.2) is 9.38 Å². The minimum Gasteiger partial charge on any atom is -0.282 e. The molecule has 0 atom stereocenters. The quantitative estimate of drug-likeness (QED) is 0.380. The first kappa shape index (κ1) is 17.2. The molecule has 0 spiro atoms. The molecule has 134 valence electrons. The molecule has 0 radical (unpaired) electrons. The van der Waals surface area contributed by atoms with E-state index >= 15 is 0 Å². The van der Waals surface area contributed by atoms with E-state index in [0.29, 0.717) is 0 Å². The largest absolute Gasteiger partial charge is 0.282 e. The van der Waals surface area contributed by atoms with Crippen molar-refractivity contribution in [2.45, 2.75) is 27.7 Å². The molecule has 0 unspecified atom stereocenters. The van der Waals surface area contributed by atoms with Crippen LogP contribution >= 0.6 is 0 Å². The van der Waals surface area contributed by atoms with Crippen LogP contribution in [0, 0.1) is 27.7 Å². The number of aryl methyl sites for hydroxylation is 4. The van der Waals surface area contributed by atoms with Gasteiger partial charge >= 0.3 is 0 Å². The van der Waals surface area contributed by atoms with Crippen LogP contribution < -0.4 is 0 Å². The molecule has 2 aromatic carbocycles. The predicted molar refractivity (Wildman–Crippen MR) is 110 cm³/mol. The van der Waals surface area contributed by atoms with Crippen molar-refractivity contribution in [3.8, 4) is 11.3 Å². The van der Waals surface area contributed by atoms with Gasteiger partial charge < -0.3 is 0 Å². The van der Waals surface area contributed by atoms with Crippen LogP contribution in [0.15, 0.2) is 71.0 Å². The van der Waals surface area contributed by atoms with E-state index < -0.39 is 0 Å². The highest BCUT2D eigenvalue weighted by molar-refractivity contribution is 5.77. The average Bonchev–Trinajstić information content (AvgIpc) is 3.01. The highest BCUT2D eigenvalue weighted by Crippen LogP contribution is 2.35. The van der Waals surface area contributed by atoms with Gasteiger partial charge in [0.1, 0.15) is 11.3 Å². The van der Waals surface area contributed by atoms with Crippen LogP contribution in [0.3, 0.4) is 0 Å². The van der Waals surface area contributed by atoms with E-state index in [9.17, 15) is 0 Å². The smallest absolute Gasteiger partial charge is 0.187 e. The molecule has 0 N–H and O–H groups in total. The van der Waals surface area contributed by atoms with Crippen molar-refractivity contribution in [2.75, 3.05) is 0 Å². The van der Waals surface area contributed by atoms with Crippen molar-refractivity contribution in [3.05, 3.63) is 83.0 Å². The van der Waals surface area contributed by atoms with Gasteiger partial charge in [-0.3, -0.25) is 4.40 Å². The first-order valence-corrected chi connectivity index (χ1v) is 9.07. The third-order valence-corrected chi connectivity index (χ3v) is 4.82. The minimum atomic E-state index is 0.754. The molecule has 0 aliphatic heterocycles.